The Bertz CT molecular complexity index is 423. The molecule has 0 aromatic heterocycles. The fourth-order valence-electron chi connectivity index (χ4n) is 1.88. The lowest BCUT2D eigenvalue weighted by molar-refractivity contribution is 0.469. The summed E-state index contributed by atoms with van der Waals surface area (Å²) < 4.78 is 23.8. The molecule has 0 fully saturated rings. The molecule has 0 radical (unpaired) electrons. The van der Waals surface area contributed by atoms with Crippen molar-refractivity contribution in [1.82, 2.24) is 0 Å². The van der Waals surface area contributed by atoms with Gasteiger partial charge >= 0.3 is 0 Å². The van der Waals surface area contributed by atoms with Gasteiger partial charge in [0.1, 0.15) is 0 Å². The summed E-state index contributed by atoms with van der Waals surface area (Å²) in [6.45, 7) is 12.0. The first-order valence-corrected chi connectivity index (χ1v) is 6.69. The summed E-state index contributed by atoms with van der Waals surface area (Å²) in [5, 5.41) is 1.33. The first kappa shape index (κ1) is 12.5. The summed E-state index contributed by atoms with van der Waals surface area (Å²) in [6, 6.07) is 0. The Morgan fingerprint density at radius 1 is 0.933 bits per heavy atom. The molecule has 0 aromatic rings. The topological polar surface area (TPSA) is 34.1 Å². The van der Waals surface area contributed by atoms with Gasteiger partial charge in [0, 0.05) is 5.41 Å². The van der Waals surface area contributed by atoms with Crippen LogP contribution in [0.25, 0.3) is 0 Å². The first-order chi connectivity index (χ1) is 6.46. The summed E-state index contributed by atoms with van der Waals surface area (Å²) >= 11 is 0. The molecule has 0 atom stereocenters. The third kappa shape index (κ3) is 2.33. The summed E-state index contributed by atoms with van der Waals surface area (Å²) in [5.41, 5.74) is 0.489. The molecule has 15 heavy (non-hydrogen) atoms. The van der Waals surface area contributed by atoms with Crippen LogP contribution in [0.2, 0.25) is 0 Å². The van der Waals surface area contributed by atoms with Crippen LogP contribution in [0.5, 0.6) is 0 Å². The highest BCUT2D eigenvalue weighted by molar-refractivity contribution is 7.98. The quantitative estimate of drug-likeness (QED) is 0.637. The first-order valence-electron chi connectivity index (χ1n) is 5.15. The predicted octanol–water partition coefficient (Wildman–Crippen LogP) is 3.27. The maximum Gasteiger partial charge on any atom is 0.196 e. The third-order valence-corrected chi connectivity index (χ3v) is 4.33. The van der Waals surface area contributed by atoms with Crippen molar-refractivity contribution >= 4 is 9.84 Å². The van der Waals surface area contributed by atoms with Crippen molar-refractivity contribution in [2.45, 2.75) is 41.5 Å². The van der Waals surface area contributed by atoms with E-state index in [1.165, 1.54) is 5.41 Å². The SMILES string of the molecule is CC(C)(C)C1=C(C(C)(C)C)S(=O)(=O)C=C1. The minimum absolute atomic E-state index is 0.122. The van der Waals surface area contributed by atoms with Crippen LogP contribution in [-0.2, 0) is 9.84 Å². The largest absolute Gasteiger partial charge is 0.219 e. The molecule has 0 saturated heterocycles. The van der Waals surface area contributed by atoms with Gasteiger partial charge in [-0.2, -0.15) is 0 Å². The van der Waals surface area contributed by atoms with Gasteiger partial charge in [0.05, 0.1) is 4.91 Å². The van der Waals surface area contributed by atoms with Gasteiger partial charge in [-0.05, 0) is 22.5 Å². The molecule has 1 heterocycles. The third-order valence-electron chi connectivity index (χ3n) is 2.43. The van der Waals surface area contributed by atoms with E-state index in [0.717, 1.165) is 5.57 Å². The smallest absolute Gasteiger partial charge is 0.196 e. The standard InChI is InChI=1S/C12H20O2S/c1-11(2,3)9-7-8-15(13,14)10(9)12(4,5)6/h7-8H,1-6H3. The summed E-state index contributed by atoms with van der Waals surface area (Å²) in [6.07, 6.45) is 1.75. The molecule has 3 heteroatoms. The van der Waals surface area contributed by atoms with E-state index in [-0.39, 0.29) is 10.8 Å². The Hall–Kier alpha value is -0.570. The molecule has 2 nitrogen and oxygen atoms in total. The van der Waals surface area contributed by atoms with E-state index in [1.807, 2.05) is 41.5 Å². The van der Waals surface area contributed by atoms with E-state index in [2.05, 4.69) is 0 Å². The average Bonchev–Trinajstić information content (AvgIpc) is 2.21. The van der Waals surface area contributed by atoms with Gasteiger partial charge in [-0.3, -0.25) is 0 Å². The van der Waals surface area contributed by atoms with Crippen LogP contribution in [0.3, 0.4) is 0 Å². The Kier molecular flexibility index (Phi) is 2.67. The Balaban J connectivity index is 3.51. The van der Waals surface area contributed by atoms with E-state index in [0.29, 0.717) is 4.91 Å². The zero-order valence-corrected chi connectivity index (χ0v) is 11.2. The molecular weight excluding hydrogens is 208 g/mol. The van der Waals surface area contributed by atoms with Gasteiger partial charge in [0.25, 0.3) is 0 Å². The predicted molar refractivity (Wildman–Crippen MR) is 64.0 cm³/mol. The normalized spacial score (nSPS) is 21.2. The molecule has 0 spiro atoms. The molecule has 0 saturated carbocycles. The van der Waals surface area contributed by atoms with Crippen LogP contribution >= 0.6 is 0 Å². The molecule has 0 bridgehead atoms. The lowest BCUT2D eigenvalue weighted by atomic mass is 9.81. The number of hydrogen-bond donors (Lipinski definition) is 0. The Labute approximate surface area is 93.0 Å². The van der Waals surface area contributed by atoms with Crippen molar-refractivity contribution in [3.8, 4) is 0 Å². The molecule has 0 aromatic carbocycles. The van der Waals surface area contributed by atoms with Crippen molar-refractivity contribution in [2.75, 3.05) is 0 Å². The van der Waals surface area contributed by atoms with E-state index < -0.39 is 9.84 Å². The van der Waals surface area contributed by atoms with E-state index in [4.69, 9.17) is 0 Å². The Morgan fingerprint density at radius 3 is 1.67 bits per heavy atom. The molecule has 1 aliphatic rings. The second-order valence-electron chi connectivity index (χ2n) is 6.09. The van der Waals surface area contributed by atoms with Crippen LogP contribution in [0.15, 0.2) is 22.0 Å². The molecule has 1 rings (SSSR count). The highest BCUT2D eigenvalue weighted by Gasteiger charge is 2.37. The number of sulfone groups is 1. The summed E-state index contributed by atoms with van der Waals surface area (Å²) in [4.78, 5) is 0.572. The number of allylic oxidation sites excluding steroid dienone is 3. The molecule has 1 aliphatic heterocycles. The van der Waals surface area contributed by atoms with Gasteiger partial charge in [0.15, 0.2) is 9.84 Å². The Morgan fingerprint density at radius 2 is 1.40 bits per heavy atom. The molecule has 86 valence electrons. The van der Waals surface area contributed by atoms with Crippen molar-refractivity contribution in [3.63, 3.8) is 0 Å². The molecule has 0 amide bonds. The van der Waals surface area contributed by atoms with Crippen molar-refractivity contribution in [1.29, 1.82) is 0 Å². The fraction of sp³-hybridized carbons (Fsp3) is 0.667. The highest BCUT2D eigenvalue weighted by atomic mass is 32.2. The lowest BCUT2D eigenvalue weighted by Crippen LogP contribution is -2.20. The van der Waals surface area contributed by atoms with Gasteiger partial charge in [-0.25, -0.2) is 8.42 Å². The molecule has 0 unspecified atom stereocenters. The van der Waals surface area contributed by atoms with Crippen LogP contribution in [0, 0.1) is 10.8 Å². The minimum atomic E-state index is -3.18. The van der Waals surface area contributed by atoms with Gasteiger partial charge in [0.2, 0.25) is 0 Å². The summed E-state index contributed by atoms with van der Waals surface area (Å²) in [7, 11) is -3.18. The van der Waals surface area contributed by atoms with Gasteiger partial charge in [-0.15, -0.1) is 0 Å². The van der Waals surface area contributed by atoms with Crippen molar-refractivity contribution in [3.05, 3.63) is 22.0 Å². The second-order valence-corrected chi connectivity index (χ2v) is 7.86. The molecule has 0 N–H and O–H groups in total. The van der Waals surface area contributed by atoms with E-state index >= 15 is 0 Å². The molecule has 0 aliphatic carbocycles. The molecular formula is C12H20O2S. The highest BCUT2D eigenvalue weighted by Crippen LogP contribution is 2.44. The zero-order chi connectivity index (χ0) is 12.1. The fourth-order valence-corrected chi connectivity index (χ4v) is 3.86. The maximum atomic E-state index is 11.9. The monoisotopic (exact) mass is 228 g/mol. The van der Waals surface area contributed by atoms with Crippen LogP contribution in [-0.4, -0.2) is 8.42 Å². The maximum absolute atomic E-state index is 11.9. The minimum Gasteiger partial charge on any atom is -0.219 e. The van der Waals surface area contributed by atoms with Crippen molar-refractivity contribution < 1.29 is 8.42 Å². The van der Waals surface area contributed by atoms with Gasteiger partial charge in [-0.1, -0.05) is 41.5 Å². The zero-order valence-electron chi connectivity index (χ0n) is 10.4. The number of rotatable bonds is 0. The van der Waals surface area contributed by atoms with Crippen molar-refractivity contribution in [2.24, 2.45) is 10.8 Å². The van der Waals surface area contributed by atoms with E-state index in [1.54, 1.807) is 6.08 Å². The van der Waals surface area contributed by atoms with Gasteiger partial charge < -0.3 is 0 Å². The van der Waals surface area contributed by atoms with Crippen LogP contribution in [0.1, 0.15) is 41.5 Å². The second kappa shape index (κ2) is 3.21. The van der Waals surface area contributed by atoms with Crippen LogP contribution in [0.4, 0.5) is 0 Å². The average molecular weight is 228 g/mol. The summed E-state index contributed by atoms with van der Waals surface area (Å²) in [5.74, 6) is 0. The lowest BCUT2D eigenvalue weighted by Gasteiger charge is -2.27. The van der Waals surface area contributed by atoms with Crippen LogP contribution < -0.4 is 0 Å². The van der Waals surface area contributed by atoms with E-state index in [9.17, 15) is 8.42 Å². The number of hydrogen-bond acceptors (Lipinski definition) is 2.